The van der Waals surface area contributed by atoms with Crippen LogP contribution in [0.3, 0.4) is 0 Å². The van der Waals surface area contributed by atoms with Gasteiger partial charge in [0.1, 0.15) is 0 Å². The molecule has 0 fully saturated rings. The molecule has 20 heavy (non-hydrogen) atoms. The van der Waals surface area contributed by atoms with Gasteiger partial charge in [-0.3, -0.25) is 4.98 Å². The van der Waals surface area contributed by atoms with Crippen molar-refractivity contribution in [3.8, 4) is 0 Å². The summed E-state index contributed by atoms with van der Waals surface area (Å²) in [7, 11) is 0. The molecule has 3 aromatic rings. The minimum Gasteiger partial charge on any atom is -0.324 e. The van der Waals surface area contributed by atoms with Crippen molar-refractivity contribution in [2.75, 3.05) is 0 Å². The molecule has 0 spiro atoms. The zero-order valence-corrected chi connectivity index (χ0v) is 11.6. The summed E-state index contributed by atoms with van der Waals surface area (Å²) in [6.45, 7) is 2.04. The van der Waals surface area contributed by atoms with E-state index in [4.69, 9.17) is 5.73 Å². The minimum absolute atomic E-state index is 0.0312. The van der Waals surface area contributed by atoms with Crippen molar-refractivity contribution >= 4 is 10.8 Å². The topological polar surface area (TPSA) is 38.9 Å². The Morgan fingerprint density at radius 3 is 2.60 bits per heavy atom. The number of hydrogen-bond acceptors (Lipinski definition) is 2. The van der Waals surface area contributed by atoms with E-state index < -0.39 is 0 Å². The van der Waals surface area contributed by atoms with Gasteiger partial charge in [0.15, 0.2) is 0 Å². The number of pyridine rings is 1. The highest BCUT2D eigenvalue weighted by Crippen LogP contribution is 2.24. The van der Waals surface area contributed by atoms with Gasteiger partial charge < -0.3 is 5.73 Å². The lowest BCUT2D eigenvalue weighted by Gasteiger charge is -2.14. The smallest absolute Gasteiger partial charge is 0.0422 e. The molecule has 1 heterocycles. The van der Waals surface area contributed by atoms with Crippen molar-refractivity contribution in [2.45, 2.75) is 19.4 Å². The van der Waals surface area contributed by atoms with Crippen molar-refractivity contribution in [3.05, 3.63) is 77.6 Å². The summed E-state index contributed by atoms with van der Waals surface area (Å²) in [6.07, 6.45) is 2.65. The number of nitrogens with two attached hydrogens (primary N) is 1. The highest BCUT2D eigenvalue weighted by molar-refractivity contribution is 5.86. The van der Waals surface area contributed by atoms with Crippen LogP contribution in [-0.2, 0) is 6.42 Å². The molecule has 0 aliphatic carbocycles. The first-order valence-electron chi connectivity index (χ1n) is 6.89. The first-order valence-corrected chi connectivity index (χ1v) is 6.89. The van der Waals surface area contributed by atoms with Crippen molar-refractivity contribution in [3.63, 3.8) is 0 Å². The number of aromatic nitrogens is 1. The summed E-state index contributed by atoms with van der Waals surface area (Å²) < 4.78 is 0. The number of benzene rings is 2. The van der Waals surface area contributed by atoms with E-state index in [0.717, 1.165) is 12.1 Å². The first kappa shape index (κ1) is 12.8. The second-order valence-corrected chi connectivity index (χ2v) is 5.21. The van der Waals surface area contributed by atoms with E-state index in [1.807, 2.05) is 13.1 Å². The van der Waals surface area contributed by atoms with Crippen molar-refractivity contribution < 1.29 is 0 Å². The van der Waals surface area contributed by atoms with Crippen LogP contribution in [0.25, 0.3) is 10.8 Å². The molecule has 2 aromatic carbocycles. The molecule has 0 radical (unpaired) electrons. The van der Waals surface area contributed by atoms with Crippen LogP contribution in [0.4, 0.5) is 0 Å². The molecule has 0 aliphatic rings. The Morgan fingerprint density at radius 2 is 1.80 bits per heavy atom. The summed E-state index contributed by atoms with van der Waals surface area (Å²) in [6, 6.07) is 18.8. The zero-order chi connectivity index (χ0) is 13.9. The Hall–Kier alpha value is -2.19. The highest BCUT2D eigenvalue weighted by atomic mass is 14.7. The monoisotopic (exact) mass is 262 g/mol. The normalized spacial score (nSPS) is 12.5. The molecule has 0 amide bonds. The molecule has 100 valence electrons. The molecule has 2 nitrogen and oxygen atoms in total. The van der Waals surface area contributed by atoms with Gasteiger partial charge in [0.2, 0.25) is 0 Å². The summed E-state index contributed by atoms with van der Waals surface area (Å²) in [4.78, 5) is 4.44. The number of nitrogens with zero attached hydrogens (tertiary/aromatic N) is 1. The van der Waals surface area contributed by atoms with Crippen LogP contribution in [0.5, 0.6) is 0 Å². The molecule has 0 saturated carbocycles. The Kier molecular flexibility index (Phi) is 3.48. The third-order valence-corrected chi connectivity index (χ3v) is 3.62. The molecule has 2 heteroatoms. The Balaban J connectivity index is 1.92. The molecule has 0 aliphatic heterocycles. The zero-order valence-electron chi connectivity index (χ0n) is 11.6. The van der Waals surface area contributed by atoms with E-state index in [2.05, 4.69) is 59.6 Å². The van der Waals surface area contributed by atoms with Gasteiger partial charge in [0.05, 0.1) is 0 Å². The molecular formula is C18H18N2. The predicted molar refractivity (Wildman–Crippen MR) is 83.6 cm³/mol. The third-order valence-electron chi connectivity index (χ3n) is 3.62. The van der Waals surface area contributed by atoms with Crippen LogP contribution < -0.4 is 5.73 Å². The maximum Gasteiger partial charge on any atom is 0.0422 e. The lowest BCUT2D eigenvalue weighted by Crippen LogP contribution is -2.14. The molecule has 0 bridgehead atoms. The largest absolute Gasteiger partial charge is 0.324 e. The van der Waals surface area contributed by atoms with E-state index in [0.29, 0.717) is 0 Å². The van der Waals surface area contributed by atoms with Crippen LogP contribution >= 0.6 is 0 Å². The lowest BCUT2D eigenvalue weighted by molar-refractivity contribution is 0.712. The van der Waals surface area contributed by atoms with Crippen molar-refractivity contribution in [1.29, 1.82) is 0 Å². The van der Waals surface area contributed by atoms with Crippen molar-refractivity contribution in [1.82, 2.24) is 4.98 Å². The summed E-state index contributed by atoms with van der Waals surface area (Å²) in [5.74, 6) is 0. The van der Waals surface area contributed by atoms with Gasteiger partial charge in [-0.25, -0.2) is 0 Å². The Labute approximate surface area is 119 Å². The molecular weight excluding hydrogens is 244 g/mol. The molecule has 1 aromatic heterocycles. The lowest BCUT2D eigenvalue weighted by atomic mass is 9.96. The maximum atomic E-state index is 6.39. The molecule has 3 rings (SSSR count). The Morgan fingerprint density at radius 1 is 1.00 bits per heavy atom. The quantitative estimate of drug-likeness (QED) is 0.780. The number of rotatable bonds is 3. The van der Waals surface area contributed by atoms with Crippen LogP contribution in [0.15, 0.2) is 60.8 Å². The van der Waals surface area contributed by atoms with Crippen LogP contribution in [-0.4, -0.2) is 4.98 Å². The fraction of sp³-hybridized carbons (Fsp3) is 0.167. The standard InChI is InChI=1S/C18H18N2/c1-13-9-10-15(20-12-13)11-18(19)17-8-4-6-14-5-2-3-7-16(14)17/h2-10,12,18H,11,19H2,1H3. The second kappa shape index (κ2) is 5.43. The molecule has 1 unspecified atom stereocenters. The van der Waals surface area contributed by atoms with E-state index in [1.54, 1.807) is 0 Å². The first-order chi connectivity index (χ1) is 9.74. The molecule has 0 saturated heterocycles. The van der Waals surface area contributed by atoms with Gasteiger partial charge in [-0.1, -0.05) is 48.5 Å². The van der Waals surface area contributed by atoms with Crippen LogP contribution in [0.2, 0.25) is 0 Å². The van der Waals surface area contributed by atoms with E-state index in [9.17, 15) is 0 Å². The fourth-order valence-electron chi connectivity index (χ4n) is 2.53. The summed E-state index contributed by atoms with van der Waals surface area (Å²) in [5, 5.41) is 2.46. The van der Waals surface area contributed by atoms with Crippen LogP contribution in [0, 0.1) is 6.92 Å². The van der Waals surface area contributed by atoms with Crippen molar-refractivity contribution in [2.24, 2.45) is 5.73 Å². The summed E-state index contributed by atoms with van der Waals surface area (Å²) >= 11 is 0. The molecule has 2 N–H and O–H groups in total. The highest BCUT2D eigenvalue weighted by Gasteiger charge is 2.11. The van der Waals surface area contributed by atoms with E-state index >= 15 is 0 Å². The average Bonchev–Trinajstić information content (AvgIpc) is 2.49. The minimum atomic E-state index is -0.0312. The number of fused-ring (bicyclic) bond motifs is 1. The Bertz CT molecular complexity index is 712. The van der Waals surface area contributed by atoms with E-state index in [1.165, 1.54) is 21.9 Å². The molecule has 1 atom stereocenters. The van der Waals surface area contributed by atoms with Gasteiger partial charge >= 0.3 is 0 Å². The van der Waals surface area contributed by atoms with Crippen LogP contribution in [0.1, 0.15) is 22.9 Å². The number of aryl methyl sites for hydroxylation is 1. The SMILES string of the molecule is Cc1ccc(CC(N)c2cccc3ccccc23)nc1. The van der Waals surface area contributed by atoms with Gasteiger partial charge in [0.25, 0.3) is 0 Å². The average molecular weight is 262 g/mol. The van der Waals surface area contributed by atoms with Gasteiger partial charge in [-0.2, -0.15) is 0 Å². The van der Waals surface area contributed by atoms with Gasteiger partial charge in [-0.05, 0) is 34.9 Å². The number of hydrogen-bond donors (Lipinski definition) is 1. The maximum absolute atomic E-state index is 6.39. The predicted octanol–water partition coefficient (Wildman–Crippen LogP) is 3.79. The van der Waals surface area contributed by atoms with Gasteiger partial charge in [0, 0.05) is 24.4 Å². The second-order valence-electron chi connectivity index (χ2n) is 5.21. The summed E-state index contributed by atoms with van der Waals surface area (Å²) in [5.41, 5.74) is 9.79. The van der Waals surface area contributed by atoms with E-state index in [-0.39, 0.29) is 6.04 Å². The van der Waals surface area contributed by atoms with Gasteiger partial charge in [-0.15, -0.1) is 0 Å². The fourth-order valence-corrected chi connectivity index (χ4v) is 2.53. The third kappa shape index (κ3) is 2.56.